The van der Waals surface area contributed by atoms with Gasteiger partial charge >= 0.3 is 5.97 Å². The van der Waals surface area contributed by atoms with Crippen LogP contribution in [0, 0.1) is 17.0 Å². The summed E-state index contributed by atoms with van der Waals surface area (Å²) in [5, 5.41) is 21.8. The highest BCUT2D eigenvalue weighted by Gasteiger charge is 2.19. The summed E-state index contributed by atoms with van der Waals surface area (Å²) < 4.78 is 4.67. The molecular weight excluding hydrogens is 268 g/mol. The van der Waals surface area contributed by atoms with Gasteiger partial charge in [0.1, 0.15) is 0 Å². The molecule has 0 aromatic heterocycles. The molecule has 0 heterocycles. The minimum absolute atomic E-state index is 0.124. The lowest BCUT2D eigenvalue weighted by Crippen LogP contribution is -2.38. The van der Waals surface area contributed by atoms with Crippen molar-refractivity contribution in [2.24, 2.45) is 0 Å². The first-order valence-corrected chi connectivity index (χ1v) is 5.65. The van der Waals surface area contributed by atoms with E-state index in [0.29, 0.717) is 5.56 Å². The Balaban J connectivity index is 2.84. The summed E-state index contributed by atoms with van der Waals surface area (Å²) in [4.78, 5) is 32.7. The van der Waals surface area contributed by atoms with E-state index in [0.717, 1.165) is 6.07 Å². The number of hydrogen-bond acceptors (Lipinski definition) is 5. The number of hydrogen-bond donors (Lipinski definition) is 2. The summed E-state index contributed by atoms with van der Waals surface area (Å²) in [5.41, 5.74) is 0.471. The number of aryl methyl sites for hydroxylation is 1. The lowest BCUT2D eigenvalue weighted by Gasteiger charge is -2.12. The number of nitro benzene ring substituents is 1. The van der Waals surface area contributed by atoms with Crippen molar-refractivity contribution in [1.82, 2.24) is 5.32 Å². The number of benzene rings is 1. The number of nitrogens with zero attached hydrogens (tertiary/aromatic N) is 1. The smallest absolute Gasteiger partial charge is 0.334 e. The van der Waals surface area contributed by atoms with Gasteiger partial charge < -0.3 is 15.2 Å². The summed E-state index contributed by atoms with van der Waals surface area (Å²) in [5.74, 6) is -1.79. The topological polar surface area (TPSA) is 119 Å². The first kappa shape index (κ1) is 15.6. The fourth-order valence-electron chi connectivity index (χ4n) is 1.52. The first-order chi connectivity index (χ1) is 9.36. The van der Waals surface area contributed by atoms with E-state index in [1.165, 1.54) is 19.2 Å². The van der Waals surface area contributed by atoms with Crippen molar-refractivity contribution in [3.63, 3.8) is 0 Å². The minimum Gasteiger partial charge on any atom is -0.479 e. The second kappa shape index (κ2) is 6.62. The van der Waals surface area contributed by atoms with Gasteiger partial charge in [-0.3, -0.25) is 14.9 Å². The van der Waals surface area contributed by atoms with Gasteiger partial charge in [-0.05, 0) is 12.5 Å². The van der Waals surface area contributed by atoms with Crippen molar-refractivity contribution in [2.75, 3.05) is 13.7 Å². The van der Waals surface area contributed by atoms with Crippen LogP contribution in [0.2, 0.25) is 0 Å². The van der Waals surface area contributed by atoms with Crippen LogP contribution in [-0.2, 0) is 9.53 Å². The Kier molecular flexibility index (Phi) is 5.15. The van der Waals surface area contributed by atoms with Crippen LogP contribution in [0.1, 0.15) is 15.9 Å². The van der Waals surface area contributed by atoms with Crippen LogP contribution in [0.3, 0.4) is 0 Å². The number of nitrogens with one attached hydrogen (secondary N) is 1. The quantitative estimate of drug-likeness (QED) is 0.586. The van der Waals surface area contributed by atoms with Crippen molar-refractivity contribution >= 4 is 17.6 Å². The van der Waals surface area contributed by atoms with Crippen LogP contribution >= 0.6 is 0 Å². The average molecular weight is 282 g/mol. The van der Waals surface area contributed by atoms with Gasteiger partial charge in [-0.2, -0.15) is 0 Å². The van der Waals surface area contributed by atoms with Gasteiger partial charge in [-0.1, -0.05) is 6.07 Å². The molecule has 20 heavy (non-hydrogen) atoms. The minimum atomic E-state index is -1.21. The SMILES string of the molecule is COC(CNC(=O)c1cc([N+](=O)[O-])ccc1C)C(=O)O. The average Bonchev–Trinajstić information content (AvgIpc) is 2.38. The van der Waals surface area contributed by atoms with Gasteiger partial charge in [-0.25, -0.2) is 4.79 Å². The molecule has 0 saturated heterocycles. The van der Waals surface area contributed by atoms with Crippen molar-refractivity contribution in [3.05, 3.63) is 39.4 Å². The molecule has 1 rings (SSSR count). The predicted molar refractivity (Wildman–Crippen MR) is 68.6 cm³/mol. The highest BCUT2D eigenvalue weighted by atomic mass is 16.6. The van der Waals surface area contributed by atoms with E-state index in [2.05, 4.69) is 10.1 Å². The number of ether oxygens (including phenoxy) is 1. The fraction of sp³-hybridized carbons (Fsp3) is 0.333. The molecule has 1 unspecified atom stereocenters. The zero-order chi connectivity index (χ0) is 15.3. The first-order valence-electron chi connectivity index (χ1n) is 5.65. The van der Waals surface area contributed by atoms with Crippen molar-refractivity contribution in [3.8, 4) is 0 Å². The Morgan fingerprint density at radius 1 is 1.50 bits per heavy atom. The zero-order valence-corrected chi connectivity index (χ0v) is 11.0. The van der Waals surface area contributed by atoms with E-state index in [1.807, 2.05) is 0 Å². The summed E-state index contributed by atoms with van der Waals surface area (Å²) in [6.45, 7) is 1.40. The van der Waals surface area contributed by atoms with E-state index < -0.39 is 22.9 Å². The van der Waals surface area contributed by atoms with Crippen LogP contribution in [0.25, 0.3) is 0 Å². The normalized spacial score (nSPS) is 11.7. The molecule has 0 aliphatic heterocycles. The number of carbonyl (C=O) groups is 2. The number of non-ortho nitro benzene ring substituents is 1. The monoisotopic (exact) mass is 282 g/mol. The van der Waals surface area contributed by atoms with Crippen LogP contribution in [0.5, 0.6) is 0 Å². The third-order valence-corrected chi connectivity index (χ3v) is 2.68. The predicted octanol–water partition coefficient (Wildman–Crippen LogP) is 0.733. The lowest BCUT2D eigenvalue weighted by molar-refractivity contribution is -0.384. The zero-order valence-electron chi connectivity index (χ0n) is 11.0. The molecule has 1 amide bonds. The number of carbonyl (C=O) groups excluding carboxylic acids is 1. The number of methoxy groups -OCH3 is 1. The molecule has 2 N–H and O–H groups in total. The summed E-state index contributed by atoms with van der Waals surface area (Å²) in [6.07, 6.45) is -1.17. The maximum absolute atomic E-state index is 11.9. The standard InChI is InChI=1S/C12H14N2O6/c1-7-3-4-8(14(18)19)5-9(7)11(15)13-6-10(20-2)12(16)17/h3-5,10H,6H2,1-2H3,(H,13,15)(H,16,17). The van der Waals surface area contributed by atoms with Gasteiger partial charge in [0.25, 0.3) is 11.6 Å². The molecule has 0 bridgehead atoms. The molecule has 0 radical (unpaired) electrons. The molecule has 0 aliphatic carbocycles. The second-order valence-electron chi connectivity index (χ2n) is 4.03. The number of rotatable bonds is 6. The maximum Gasteiger partial charge on any atom is 0.334 e. The van der Waals surface area contributed by atoms with Gasteiger partial charge in [-0.15, -0.1) is 0 Å². The number of carboxylic acid groups (broad SMARTS) is 1. The summed E-state index contributed by atoms with van der Waals surface area (Å²) >= 11 is 0. The molecule has 8 heteroatoms. The Labute approximate surface area is 114 Å². The Morgan fingerprint density at radius 2 is 2.15 bits per heavy atom. The van der Waals surface area contributed by atoms with Gasteiger partial charge in [0.15, 0.2) is 6.10 Å². The molecule has 0 spiro atoms. The van der Waals surface area contributed by atoms with Crippen molar-refractivity contribution in [1.29, 1.82) is 0 Å². The summed E-state index contributed by atoms with van der Waals surface area (Å²) in [7, 11) is 1.21. The molecule has 8 nitrogen and oxygen atoms in total. The number of aliphatic carboxylic acids is 1. The molecule has 1 aromatic rings. The third-order valence-electron chi connectivity index (χ3n) is 2.68. The van der Waals surface area contributed by atoms with Crippen LogP contribution in [-0.4, -0.2) is 41.7 Å². The van der Waals surface area contributed by atoms with Crippen LogP contribution < -0.4 is 5.32 Å². The maximum atomic E-state index is 11.9. The highest BCUT2D eigenvalue weighted by molar-refractivity contribution is 5.96. The number of nitro groups is 1. The van der Waals surface area contributed by atoms with Crippen molar-refractivity contribution in [2.45, 2.75) is 13.0 Å². The van der Waals surface area contributed by atoms with E-state index >= 15 is 0 Å². The Hall–Kier alpha value is -2.48. The largest absolute Gasteiger partial charge is 0.479 e. The van der Waals surface area contributed by atoms with E-state index in [-0.39, 0.29) is 17.8 Å². The lowest BCUT2D eigenvalue weighted by atomic mass is 10.1. The molecule has 0 aliphatic rings. The number of amides is 1. The Bertz CT molecular complexity index is 543. The van der Waals surface area contributed by atoms with Crippen LogP contribution in [0.4, 0.5) is 5.69 Å². The van der Waals surface area contributed by atoms with E-state index in [4.69, 9.17) is 5.11 Å². The fourth-order valence-corrected chi connectivity index (χ4v) is 1.52. The van der Waals surface area contributed by atoms with Gasteiger partial charge in [0, 0.05) is 24.8 Å². The molecule has 1 atom stereocenters. The Morgan fingerprint density at radius 3 is 2.65 bits per heavy atom. The second-order valence-corrected chi connectivity index (χ2v) is 4.03. The number of carboxylic acids is 1. The molecule has 108 valence electrons. The summed E-state index contributed by atoms with van der Waals surface area (Å²) in [6, 6.07) is 3.90. The third kappa shape index (κ3) is 3.75. The van der Waals surface area contributed by atoms with Gasteiger partial charge in [0.05, 0.1) is 11.5 Å². The van der Waals surface area contributed by atoms with E-state index in [1.54, 1.807) is 6.92 Å². The molecule has 0 fully saturated rings. The van der Waals surface area contributed by atoms with Crippen LogP contribution in [0.15, 0.2) is 18.2 Å². The van der Waals surface area contributed by atoms with E-state index in [9.17, 15) is 19.7 Å². The molecule has 0 saturated carbocycles. The van der Waals surface area contributed by atoms with Gasteiger partial charge in [0.2, 0.25) is 0 Å². The molecular formula is C12H14N2O6. The highest BCUT2D eigenvalue weighted by Crippen LogP contribution is 2.17. The van der Waals surface area contributed by atoms with Crippen molar-refractivity contribution < 1.29 is 24.4 Å². The molecule has 1 aromatic carbocycles.